The molecule has 1 aromatic rings. The van der Waals surface area contributed by atoms with Crippen LogP contribution in [0.15, 0.2) is 33.7 Å². The molecule has 7 heteroatoms. The molecule has 4 N–H and O–H groups in total. The number of likely N-dealkylation sites (tertiary alicyclic amines) is 1. The van der Waals surface area contributed by atoms with Gasteiger partial charge in [-0.25, -0.2) is 4.99 Å². The molecule has 24 heavy (non-hydrogen) atoms. The SMILES string of the molecule is CCNC(=NCc1ccc(Br)cc1)NC1CCN(CC(N)=O)CC1. The second-order valence-electron chi connectivity index (χ2n) is 5.98. The number of nitrogens with zero attached hydrogens (tertiary/aromatic N) is 2. The number of primary amides is 1. The number of nitrogens with two attached hydrogens (primary N) is 1. The van der Waals surface area contributed by atoms with Gasteiger partial charge in [0.2, 0.25) is 5.91 Å². The molecule has 1 aliphatic heterocycles. The topological polar surface area (TPSA) is 82.8 Å². The summed E-state index contributed by atoms with van der Waals surface area (Å²) in [6, 6.07) is 8.56. The minimum atomic E-state index is -0.259. The van der Waals surface area contributed by atoms with Gasteiger partial charge in [0.15, 0.2) is 5.96 Å². The zero-order valence-corrected chi connectivity index (χ0v) is 15.7. The number of benzene rings is 1. The summed E-state index contributed by atoms with van der Waals surface area (Å²) in [5.41, 5.74) is 6.43. The minimum Gasteiger partial charge on any atom is -0.369 e. The Morgan fingerprint density at radius 1 is 1.33 bits per heavy atom. The number of rotatable bonds is 6. The summed E-state index contributed by atoms with van der Waals surface area (Å²) < 4.78 is 1.07. The van der Waals surface area contributed by atoms with Gasteiger partial charge in [0.25, 0.3) is 0 Å². The maximum absolute atomic E-state index is 11.0. The molecule has 0 saturated carbocycles. The molecule has 1 heterocycles. The summed E-state index contributed by atoms with van der Waals surface area (Å²) in [6.07, 6.45) is 1.96. The number of hydrogen-bond acceptors (Lipinski definition) is 3. The first-order chi connectivity index (χ1) is 11.6. The quantitative estimate of drug-likeness (QED) is 0.502. The van der Waals surface area contributed by atoms with Gasteiger partial charge in [0, 0.05) is 30.1 Å². The molecule has 0 bridgehead atoms. The Bertz CT molecular complexity index is 553. The Labute approximate surface area is 152 Å². The van der Waals surface area contributed by atoms with E-state index in [1.54, 1.807) is 0 Å². The van der Waals surface area contributed by atoms with E-state index in [9.17, 15) is 4.79 Å². The number of halogens is 1. The summed E-state index contributed by atoms with van der Waals surface area (Å²) in [5.74, 6) is 0.583. The van der Waals surface area contributed by atoms with E-state index in [2.05, 4.69) is 55.5 Å². The maximum Gasteiger partial charge on any atom is 0.231 e. The van der Waals surface area contributed by atoms with Crippen molar-refractivity contribution >= 4 is 27.8 Å². The van der Waals surface area contributed by atoms with E-state index in [-0.39, 0.29) is 5.91 Å². The number of piperidine rings is 1. The fourth-order valence-corrected chi connectivity index (χ4v) is 2.99. The highest BCUT2D eigenvalue weighted by Crippen LogP contribution is 2.12. The molecular formula is C17H26BrN5O. The van der Waals surface area contributed by atoms with Crippen LogP contribution in [0.2, 0.25) is 0 Å². The third-order valence-corrected chi connectivity index (χ3v) is 4.51. The molecule has 6 nitrogen and oxygen atoms in total. The number of aliphatic imine (C=N–C) groups is 1. The number of hydrogen-bond donors (Lipinski definition) is 3. The molecule has 132 valence electrons. The lowest BCUT2D eigenvalue weighted by molar-refractivity contribution is -0.119. The first-order valence-electron chi connectivity index (χ1n) is 8.36. The second kappa shape index (κ2) is 9.64. The highest BCUT2D eigenvalue weighted by atomic mass is 79.9. The van der Waals surface area contributed by atoms with Crippen LogP contribution in [0.1, 0.15) is 25.3 Å². The maximum atomic E-state index is 11.0. The summed E-state index contributed by atoms with van der Waals surface area (Å²) in [5, 5.41) is 6.80. The Kier molecular flexibility index (Phi) is 7.52. The Morgan fingerprint density at radius 3 is 2.58 bits per heavy atom. The van der Waals surface area contributed by atoms with Crippen LogP contribution < -0.4 is 16.4 Å². The van der Waals surface area contributed by atoms with Gasteiger partial charge in [-0.15, -0.1) is 0 Å². The van der Waals surface area contributed by atoms with Crippen LogP contribution in [0, 0.1) is 0 Å². The van der Waals surface area contributed by atoms with Crippen LogP contribution in [0.4, 0.5) is 0 Å². The zero-order valence-electron chi connectivity index (χ0n) is 14.1. The molecular weight excluding hydrogens is 370 g/mol. The van der Waals surface area contributed by atoms with Crippen molar-refractivity contribution in [2.24, 2.45) is 10.7 Å². The van der Waals surface area contributed by atoms with Crippen molar-refractivity contribution in [1.29, 1.82) is 0 Å². The summed E-state index contributed by atoms with van der Waals surface area (Å²) in [6.45, 7) is 5.64. The Morgan fingerprint density at radius 2 is 2.00 bits per heavy atom. The smallest absolute Gasteiger partial charge is 0.231 e. The Balaban J connectivity index is 1.85. The molecule has 0 radical (unpaired) electrons. The Hall–Kier alpha value is -1.60. The molecule has 2 rings (SSSR count). The van der Waals surface area contributed by atoms with E-state index in [4.69, 9.17) is 5.73 Å². The van der Waals surface area contributed by atoms with E-state index in [1.165, 1.54) is 5.56 Å². The van der Waals surface area contributed by atoms with Crippen LogP contribution >= 0.6 is 15.9 Å². The van der Waals surface area contributed by atoms with Crippen LogP contribution in [0.25, 0.3) is 0 Å². The number of amides is 1. The second-order valence-corrected chi connectivity index (χ2v) is 6.90. The van der Waals surface area contributed by atoms with Gasteiger partial charge in [-0.1, -0.05) is 28.1 Å². The van der Waals surface area contributed by atoms with Crippen LogP contribution in [0.5, 0.6) is 0 Å². The van der Waals surface area contributed by atoms with Crippen molar-refractivity contribution in [1.82, 2.24) is 15.5 Å². The van der Waals surface area contributed by atoms with Crippen molar-refractivity contribution in [3.8, 4) is 0 Å². The number of carbonyl (C=O) groups excluding carboxylic acids is 1. The summed E-state index contributed by atoms with van der Waals surface area (Å²) in [4.78, 5) is 17.8. The van der Waals surface area contributed by atoms with Crippen LogP contribution in [0.3, 0.4) is 0 Å². The molecule has 1 fully saturated rings. The van der Waals surface area contributed by atoms with Gasteiger partial charge in [-0.05, 0) is 37.5 Å². The first-order valence-corrected chi connectivity index (χ1v) is 9.16. The normalized spacial score (nSPS) is 16.8. The molecule has 1 aliphatic rings. The summed E-state index contributed by atoms with van der Waals surface area (Å²) in [7, 11) is 0. The van der Waals surface area contributed by atoms with Gasteiger partial charge in [0.1, 0.15) is 0 Å². The highest BCUT2D eigenvalue weighted by molar-refractivity contribution is 9.10. The molecule has 0 spiro atoms. The van der Waals surface area contributed by atoms with E-state index in [0.29, 0.717) is 19.1 Å². The molecule has 1 saturated heterocycles. The third-order valence-electron chi connectivity index (χ3n) is 3.99. The standard InChI is InChI=1S/C17H26BrN5O/c1-2-20-17(21-11-13-3-5-14(18)6-4-13)22-15-7-9-23(10-8-15)12-16(19)24/h3-6,15H,2,7-12H2,1H3,(H2,19,24)(H2,20,21,22). The van der Waals surface area contributed by atoms with Crippen molar-refractivity contribution in [3.05, 3.63) is 34.3 Å². The van der Waals surface area contributed by atoms with Crippen molar-refractivity contribution in [2.75, 3.05) is 26.2 Å². The number of carbonyl (C=O) groups is 1. The predicted molar refractivity (Wildman–Crippen MR) is 101 cm³/mol. The van der Waals surface area contributed by atoms with Crippen LogP contribution in [-0.2, 0) is 11.3 Å². The van der Waals surface area contributed by atoms with Gasteiger partial charge in [-0.2, -0.15) is 0 Å². The van der Waals surface area contributed by atoms with E-state index >= 15 is 0 Å². The van der Waals surface area contributed by atoms with E-state index in [1.807, 2.05) is 12.1 Å². The average molecular weight is 396 g/mol. The molecule has 1 aromatic carbocycles. The van der Waals surface area contributed by atoms with E-state index < -0.39 is 0 Å². The molecule has 0 atom stereocenters. The average Bonchev–Trinajstić information content (AvgIpc) is 2.55. The van der Waals surface area contributed by atoms with Crippen molar-refractivity contribution in [2.45, 2.75) is 32.4 Å². The van der Waals surface area contributed by atoms with Crippen LogP contribution in [-0.4, -0.2) is 49.0 Å². The van der Waals surface area contributed by atoms with Gasteiger partial charge >= 0.3 is 0 Å². The van der Waals surface area contributed by atoms with Crippen molar-refractivity contribution in [3.63, 3.8) is 0 Å². The van der Waals surface area contributed by atoms with Crippen molar-refractivity contribution < 1.29 is 4.79 Å². The lowest BCUT2D eigenvalue weighted by atomic mass is 10.1. The lowest BCUT2D eigenvalue weighted by Gasteiger charge is -2.32. The van der Waals surface area contributed by atoms with Gasteiger partial charge in [-0.3, -0.25) is 9.69 Å². The predicted octanol–water partition coefficient (Wildman–Crippen LogP) is 1.45. The summed E-state index contributed by atoms with van der Waals surface area (Å²) >= 11 is 3.44. The van der Waals surface area contributed by atoms with Gasteiger partial charge < -0.3 is 16.4 Å². The lowest BCUT2D eigenvalue weighted by Crippen LogP contribution is -2.49. The fourth-order valence-electron chi connectivity index (χ4n) is 2.73. The van der Waals surface area contributed by atoms with E-state index in [0.717, 1.165) is 42.9 Å². The number of nitrogens with one attached hydrogen (secondary N) is 2. The highest BCUT2D eigenvalue weighted by Gasteiger charge is 2.20. The minimum absolute atomic E-state index is 0.259. The number of guanidine groups is 1. The fraction of sp³-hybridized carbons (Fsp3) is 0.529. The molecule has 0 unspecified atom stereocenters. The molecule has 0 aromatic heterocycles. The third kappa shape index (κ3) is 6.49. The molecule has 0 aliphatic carbocycles. The zero-order chi connectivity index (χ0) is 17.4. The largest absolute Gasteiger partial charge is 0.369 e. The molecule has 1 amide bonds. The monoisotopic (exact) mass is 395 g/mol. The first kappa shape index (κ1) is 18.7. The van der Waals surface area contributed by atoms with Gasteiger partial charge in [0.05, 0.1) is 13.1 Å².